The minimum atomic E-state index is -0.639. The summed E-state index contributed by atoms with van der Waals surface area (Å²) < 4.78 is 0. The number of hydrogen-bond acceptors (Lipinski definition) is 4. The molecule has 2 N–H and O–H groups in total. The minimum absolute atomic E-state index is 0.166. The maximum Gasteiger partial charge on any atom is 0.136 e. The quantitative estimate of drug-likeness (QED) is 0.0917. The van der Waals surface area contributed by atoms with Crippen LogP contribution in [0.1, 0.15) is 84.7 Å². The summed E-state index contributed by atoms with van der Waals surface area (Å²) in [5.41, 5.74) is 8.69. The van der Waals surface area contributed by atoms with E-state index in [-0.39, 0.29) is 12.1 Å². The van der Waals surface area contributed by atoms with Gasteiger partial charge in [-0.25, -0.2) is 0 Å². The van der Waals surface area contributed by atoms with Crippen LogP contribution in [0.3, 0.4) is 0 Å². The van der Waals surface area contributed by atoms with Crippen LogP contribution in [0.5, 0.6) is 0 Å². The van der Waals surface area contributed by atoms with Crippen molar-refractivity contribution in [2.45, 2.75) is 74.5 Å². The summed E-state index contributed by atoms with van der Waals surface area (Å²) in [6.07, 6.45) is 8.90. The third-order valence-corrected chi connectivity index (χ3v) is 11.9. The molecule has 4 nitrogen and oxygen atoms in total. The van der Waals surface area contributed by atoms with Crippen molar-refractivity contribution >= 4 is 11.4 Å². The summed E-state index contributed by atoms with van der Waals surface area (Å²) in [4.78, 5) is 11.3. The fourth-order valence-corrected chi connectivity index (χ4v) is 9.15. The van der Waals surface area contributed by atoms with Gasteiger partial charge >= 0.3 is 0 Å². The van der Waals surface area contributed by atoms with Gasteiger partial charge in [-0.1, -0.05) is 195 Å². The summed E-state index contributed by atoms with van der Waals surface area (Å²) >= 11 is 0. The van der Waals surface area contributed by atoms with Crippen molar-refractivity contribution in [3.8, 4) is 0 Å². The van der Waals surface area contributed by atoms with E-state index < -0.39 is 11.1 Å². The van der Waals surface area contributed by atoms with E-state index in [1.54, 1.807) is 0 Å². The number of rotatable bonds is 13. The van der Waals surface area contributed by atoms with E-state index in [1.807, 2.05) is 0 Å². The van der Waals surface area contributed by atoms with Crippen molar-refractivity contribution in [2.75, 3.05) is 13.1 Å². The first kappa shape index (κ1) is 37.5. The van der Waals surface area contributed by atoms with Gasteiger partial charge in [-0.2, -0.15) is 0 Å². The zero-order valence-corrected chi connectivity index (χ0v) is 32.4. The molecular formula is C52H54N4. The van der Waals surface area contributed by atoms with Crippen LogP contribution in [0.2, 0.25) is 0 Å². The van der Waals surface area contributed by atoms with Gasteiger partial charge in [0, 0.05) is 30.1 Å². The zero-order chi connectivity index (χ0) is 37.9. The molecule has 2 aliphatic carbocycles. The number of nitrogens with zero attached hydrogens (tertiary/aromatic N) is 2. The summed E-state index contributed by atoms with van der Waals surface area (Å²) in [6.45, 7) is 1.56. The fourth-order valence-electron chi connectivity index (χ4n) is 9.15. The lowest BCUT2D eigenvalue weighted by Gasteiger charge is -2.41. The Morgan fingerprint density at radius 2 is 0.804 bits per heavy atom. The Morgan fingerprint density at radius 3 is 1.23 bits per heavy atom. The highest BCUT2D eigenvalue weighted by Gasteiger charge is 2.40. The van der Waals surface area contributed by atoms with Crippen molar-refractivity contribution in [3.63, 3.8) is 0 Å². The summed E-state index contributed by atoms with van der Waals surface area (Å²) in [6, 6.07) is 65.8. The molecule has 0 bridgehead atoms. The van der Waals surface area contributed by atoms with Crippen molar-refractivity contribution < 1.29 is 0 Å². The number of aliphatic imine (C=N–C) groups is 2. The van der Waals surface area contributed by atoms with Gasteiger partial charge in [0.1, 0.15) is 5.54 Å². The number of nitrogens with one attached hydrogen (secondary N) is 2. The Hall–Kier alpha value is -5.42. The van der Waals surface area contributed by atoms with Crippen LogP contribution in [0.25, 0.3) is 0 Å². The lowest BCUT2D eigenvalue weighted by molar-refractivity contribution is 0.404. The predicted octanol–water partition coefficient (Wildman–Crippen LogP) is 10.9. The van der Waals surface area contributed by atoms with Gasteiger partial charge in [-0.15, -0.1) is 0 Å². The lowest BCUT2D eigenvalue weighted by atomic mass is 9.75. The maximum atomic E-state index is 5.87. The minimum Gasteiger partial charge on any atom is -0.307 e. The lowest BCUT2D eigenvalue weighted by Crippen LogP contribution is -2.53. The summed E-state index contributed by atoms with van der Waals surface area (Å²) in [5, 5.41) is 8.24. The highest BCUT2D eigenvalue weighted by molar-refractivity contribution is 5.92. The molecule has 0 aliphatic heterocycles. The molecule has 4 heteroatoms. The molecule has 6 aromatic rings. The Morgan fingerprint density at radius 1 is 0.429 bits per heavy atom. The van der Waals surface area contributed by atoms with Gasteiger partial charge < -0.3 is 5.32 Å². The highest BCUT2D eigenvalue weighted by atomic mass is 15.0. The topological polar surface area (TPSA) is 48.8 Å². The first-order chi connectivity index (χ1) is 27.8. The Kier molecular flexibility index (Phi) is 12.1. The normalized spacial score (nSPS) is 19.2. The second-order valence-electron chi connectivity index (χ2n) is 15.3. The smallest absolute Gasteiger partial charge is 0.136 e. The van der Waals surface area contributed by atoms with Gasteiger partial charge in [-0.3, -0.25) is 15.3 Å². The molecular weight excluding hydrogens is 681 g/mol. The Bertz CT molecular complexity index is 1960. The van der Waals surface area contributed by atoms with Crippen molar-refractivity contribution in [1.82, 2.24) is 10.6 Å². The van der Waals surface area contributed by atoms with E-state index >= 15 is 0 Å². The van der Waals surface area contributed by atoms with Crippen LogP contribution in [-0.4, -0.2) is 36.6 Å². The second kappa shape index (κ2) is 18.0. The molecule has 2 atom stereocenters. The number of hydrogen-bond donors (Lipinski definition) is 2. The molecule has 0 heterocycles. The molecule has 56 heavy (non-hydrogen) atoms. The van der Waals surface area contributed by atoms with Gasteiger partial charge in [0.05, 0.1) is 12.1 Å². The van der Waals surface area contributed by atoms with Crippen molar-refractivity contribution in [3.05, 3.63) is 215 Å². The van der Waals surface area contributed by atoms with E-state index in [4.69, 9.17) is 9.98 Å². The molecule has 2 saturated carbocycles. The average molecular weight is 735 g/mol. The summed E-state index contributed by atoms with van der Waals surface area (Å²) in [5.74, 6) is 0. The molecule has 0 saturated heterocycles. The largest absolute Gasteiger partial charge is 0.307 e. The average Bonchev–Trinajstić information content (AvgIpc) is 3.29. The molecule has 0 radical (unpaired) electrons. The van der Waals surface area contributed by atoms with Crippen LogP contribution < -0.4 is 10.6 Å². The summed E-state index contributed by atoms with van der Waals surface area (Å²) in [7, 11) is 0. The fraction of sp³-hybridized carbons (Fsp3) is 0.269. The van der Waals surface area contributed by atoms with Gasteiger partial charge in [-0.05, 0) is 71.9 Å². The third-order valence-electron chi connectivity index (χ3n) is 11.9. The third kappa shape index (κ3) is 7.95. The van der Waals surface area contributed by atoms with E-state index in [1.165, 1.54) is 64.1 Å². The Labute approximate surface area is 333 Å². The highest BCUT2D eigenvalue weighted by Crippen LogP contribution is 2.42. The van der Waals surface area contributed by atoms with Crippen molar-refractivity contribution in [1.29, 1.82) is 0 Å². The van der Waals surface area contributed by atoms with Gasteiger partial charge in [0.15, 0.2) is 0 Å². The molecule has 2 fully saturated rings. The maximum absolute atomic E-state index is 5.87. The van der Waals surface area contributed by atoms with E-state index in [0.717, 1.165) is 45.2 Å². The van der Waals surface area contributed by atoms with Gasteiger partial charge in [0.25, 0.3) is 0 Å². The predicted molar refractivity (Wildman–Crippen MR) is 234 cm³/mol. The molecule has 0 aromatic heterocycles. The molecule has 0 amide bonds. The molecule has 6 aromatic carbocycles. The van der Waals surface area contributed by atoms with Crippen LogP contribution in [0.15, 0.2) is 192 Å². The zero-order valence-electron chi connectivity index (χ0n) is 32.4. The van der Waals surface area contributed by atoms with Crippen LogP contribution in [0, 0.1) is 0 Å². The van der Waals surface area contributed by atoms with E-state index in [2.05, 4.69) is 193 Å². The first-order valence-electron chi connectivity index (χ1n) is 20.7. The second-order valence-corrected chi connectivity index (χ2v) is 15.3. The van der Waals surface area contributed by atoms with Gasteiger partial charge in [0.2, 0.25) is 0 Å². The van der Waals surface area contributed by atoms with E-state index in [9.17, 15) is 0 Å². The Balaban J connectivity index is 1.08. The number of benzene rings is 6. The molecule has 2 aliphatic rings. The van der Waals surface area contributed by atoms with Crippen LogP contribution in [-0.2, 0) is 11.1 Å². The van der Waals surface area contributed by atoms with Crippen LogP contribution >= 0.6 is 0 Å². The monoisotopic (exact) mass is 734 g/mol. The first-order valence-corrected chi connectivity index (χ1v) is 20.7. The molecule has 0 spiro atoms. The SMILES string of the molecule is c1ccc(C(N=C2CCCCC2NCCN=C2CCCC[C@H]2NC(c2ccccc2)(c2ccccc2)c2ccccc2)(c2ccccc2)c2ccccc2)cc1. The molecule has 1 unspecified atom stereocenters. The molecule has 8 rings (SSSR count). The standard InChI is InChI=1S/C52H54N4/c1-7-23-41(24-8-1)51(42-25-9-2-10-26-42,43-27-11-3-12-28-43)55-49-37-21-19-35-47(49)53-39-40-54-48-36-20-22-38-50(48)56-52(44-29-13-4-14-30-44,45-31-15-5-16-32-45)46-33-17-6-18-34-46/h1-18,23-34,47,50,53,56H,19-22,35-40H2/t47?,50-/m1/s1. The molecule has 282 valence electrons. The van der Waals surface area contributed by atoms with Crippen molar-refractivity contribution in [2.24, 2.45) is 9.98 Å². The van der Waals surface area contributed by atoms with Crippen LogP contribution in [0.4, 0.5) is 0 Å². The van der Waals surface area contributed by atoms with E-state index in [0.29, 0.717) is 0 Å².